The van der Waals surface area contributed by atoms with Crippen molar-refractivity contribution >= 4 is 17.8 Å². The molecular formula is C17H20N2O3. The van der Waals surface area contributed by atoms with Gasteiger partial charge in [0, 0.05) is 43.5 Å². The molecule has 116 valence electrons. The number of aliphatic imine (C=N–C) groups is 1. The summed E-state index contributed by atoms with van der Waals surface area (Å²) in [4.78, 5) is 18.8. The van der Waals surface area contributed by atoms with Gasteiger partial charge in [-0.1, -0.05) is 24.3 Å². The highest BCUT2D eigenvalue weighted by molar-refractivity contribution is 6.30. The number of ether oxygens (including phenoxy) is 1. The number of benzene rings is 1. The summed E-state index contributed by atoms with van der Waals surface area (Å²) in [6.45, 7) is 5.19. The molecule has 2 aliphatic rings. The van der Waals surface area contributed by atoms with Crippen LogP contribution in [0.4, 0.5) is 0 Å². The highest BCUT2D eigenvalue weighted by atomic mass is 16.5. The monoisotopic (exact) mass is 300 g/mol. The van der Waals surface area contributed by atoms with Crippen molar-refractivity contribution in [2.75, 3.05) is 39.4 Å². The van der Waals surface area contributed by atoms with E-state index in [0.717, 1.165) is 39.3 Å². The SMILES string of the molecule is O=C1C(C=NCCCN2CCOCC2)=C(O)c2ccccc21. The lowest BCUT2D eigenvalue weighted by atomic mass is 10.1. The molecule has 0 radical (unpaired) electrons. The maximum Gasteiger partial charge on any atom is 0.199 e. The summed E-state index contributed by atoms with van der Waals surface area (Å²) in [7, 11) is 0. The number of Topliss-reactive ketones (excluding diaryl/α,β-unsaturated/α-hetero) is 1. The third kappa shape index (κ3) is 3.10. The number of aliphatic hydroxyl groups is 1. The number of allylic oxidation sites excluding steroid dienone is 1. The van der Waals surface area contributed by atoms with E-state index in [2.05, 4.69) is 9.89 Å². The minimum atomic E-state index is -0.148. The summed E-state index contributed by atoms with van der Waals surface area (Å²) in [5, 5.41) is 10.1. The highest BCUT2D eigenvalue weighted by Gasteiger charge is 2.27. The number of nitrogens with zero attached hydrogens (tertiary/aromatic N) is 2. The largest absolute Gasteiger partial charge is 0.506 e. The summed E-state index contributed by atoms with van der Waals surface area (Å²) in [6.07, 6.45) is 2.45. The first kappa shape index (κ1) is 14.9. The Labute approximate surface area is 129 Å². The lowest BCUT2D eigenvalue weighted by Crippen LogP contribution is -2.37. The molecule has 22 heavy (non-hydrogen) atoms. The first-order valence-corrected chi connectivity index (χ1v) is 7.64. The minimum Gasteiger partial charge on any atom is -0.506 e. The van der Waals surface area contributed by atoms with Crippen LogP contribution in [0.3, 0.4) is 0 Å². The van der Waals surface area contributed by atoms with Crippen molar-refractivity contribution in [2.24, 2.45) is 4.99 Å². The second-order valence-electron chi connectivity index (χ2n) is 5.48. The molecule has 0 aromatic heterocycles. The van der Waals surface area contributed by atoms with E-state index in [1.165, 1.54) is 6.21 Å². The van der Waals surface area contributed by atoms with Crippen molar-refractivity contribution in [3.05, 3.63) is 41.0 Å². The van der Waals surface area contributed by atoms with Gasteiger partial charge in [-0.05, 0) is 6.42 Å². The van der Waals surface area contributed by atoms with Gasteiger partial charge in [0.25, 0.3) is 0 Å². The van der Waals surface area contributed by atoms with Crippen LogP contribution in [0, 0.1) is 0 Å². The molecule has 5 heteroatoms. The fourth-order valence-electron chi connectivity index (χ4n) is 2.77. The van der Waals surface area contributed by atoms with Gasteiger partial charge in [0.15, 0.2) is 5.78 Å². The van der Waals surface area contributed by atoms with Gasteiger partial charge >= 0.3 is 0 Å². The van der Waals surface area contributed by atoms with Crippen molar-refractivity contribution in [3.63, 3.8) is 0 Å². The number of hydrogen-bond donors (Lipinski definition) is 1. The van der Waals surface area contributed by atoms with Crippen molar-refractivity contribution in [1.82, 2.24) is 4.90 Å². The number of carbonyl (C=O) groups is 1. The maximum atomic E-state index is 12.2. The van der Waals surface area contributed by atoms with Crippen LogP contribution >= 0.6 is 0 Å². The molecule has 1 heterocycles. The van der Waals surface area contributed by atoms with Gasteiger partial charge in [0.2, 0.25) is 0 Å². The molecule has 5 nitrogen and oxygen atoms in total. The predicted octanol–water partition coefficient (Wildman–Crippen LogP) is 1.95. The molecule has 0 spiro atoms. The Kier molecular flexibility index (Phi) is 4.65. The molecule has 0 saturated carbocycles. The van der Waals surface area contributed by atoms with E-state index in [1.54, 1.807) is 18.2 Å². The minimum absolute atomic E-state index is 0.0394. The smallest absolute Gasteiger partial charge is 0.199 e. The third-order valence-electron chi connectivity index (χ3n) is 4.01. The zero-order valence-electron chi connectivity index (χ0n) is 12.5. The summed E-state index contributed by atoms with van der Waals surface area (Å²) in [6, 6.07) is 7.09. The fraction of sp³-hybridized carbons (Fsp3) is 0.412. The molecule has 1 saturated heterocycles. The molecule has 0 bridgehead atoms. The van der Waals surface area contributed by atoms with E-state index in [0.29, 0.717) is 23.2 Å². The number of hydrogen-bond acceptors (Lipinski definition) is 5. The Morgan fingerprint density at radius 2 is 1.95 bits per heavy atom. The molecule has 1 fully saturated rings. The number of rotatable bonds is 5. The third-order valence-corrected chi connectivity index (χ3v) is 4.01. The molecular weight excluding hydrogens is 280 g/mol. The number of fused-ring (bicyclic) bond motifs is 1. The summed E-state index contributed by atoms with van der Waals surface area (Å²) in [5.41, 5.74) is 1.45. The van der Waals surface area contributed by atoms with E-state index in [4.69, 9.17) is 4.74 Å². The lowest BCUT2D eigenvalue weighted by Gasteiger charge is -2.26. The quantitative estimate of drug-likeness (QED) is 0.667. The van der Waals surface area contributed by atoms with Gasteiger partial charge in [-0.2, -0.15) is 0 Å². The summed E-state index contributed by atoms with van der Waals surface area (Å²) >= 11 is 0. The van der Waals surface area contributed by atoms with E-state index in [9.17, 15) is 9.90 Å². The Morgan fingerprint density at radius 1 is 1.23 bits per heavy atom. The summed E-state index contributed by atoms with van der Waals surface area (Å²) in [5.74, 6) is -0.109. The van der Waals surface area contributed by atoms with Crippen LogP contribution < -0.4 is 0 Å². The Hall–Kier alpha value is -1.98. The van der Waals surface area contributed by atoms with Crippen molar-refractivity contribution < 1.29 is 14.6 Å². The fourth-order valence-corrected chi connectivity index (χ4v) is 2.77. The molecule has 1 N–H and O–H groups in total. The van der Waals surface area contributed by atoms with Gasteiger partial charge in [-0.15, -0.1) is 0 Å². The van der Waals surface area contributed by atoms with Crippen molar-refractivity contribution in [2.45, 2.75) is 6.42 Å². The van der Waals surface area contributed by atoms with E-state index < -0.39 is 0 Å². The molecule has 3 rings (SSSR count). The second kappa shape index (κ2) is 6.85. The zero-order valence-corrected chi connectivity index (χ0v) is 12.5. The van der Waals surface area contributed by atoms with Crippen LogP contribution in [-0.2, 0) is 4.74 Å². The lowest BCUT2D eigenvalue weighted by molar-refractivity contribution is 0.0377. The first-order chi connectivity index (χ1) is 10.8. The van der Waals surface area contributed by atoms with Gasteiger partial charge in [-0.3, -0.25) is 14.7 Å². The van der Waals surface area contributed by atoms with Crippen LogP contribution in [0.15, 0.2) is 34.8 Å². The summed E-state index contributed by atoms with van der Waals surface area (Å²) < 4.78 is 5.31. The van der Waals surface area contributed by atoms with E-state index >= 15 is 0 Å². The van der Waals surface area contributed by atoms with Gasteiger partial charge in [0.05, 0.1) is 18.8 Å². The Morgan fingerprint density at radius 3 is 2.68 bits per heavy atom. The number of carbonyl (C=O) groups excluding carboxylic acids is 1. The Bertz CT molecular complexity index is 616. The number of ketones is 1. The predicted molar refractivity (Wildman–Crippen MR) is 85.6 cm³/mol. The van der Waals surface area contributed by atoms with E-state index in [1.807, 2.05) is 6.07 Å². The normalized spacial score (nSPS) is 19.2. The Balaban J connectivity index is 1.53. The van der Waals surface area contributed by atoms with Gasteiger partial charge in [-0.25, -0.2) is 0 Å². The number of aliphatic hydroxyl groups excluding tert-OH is 1. The van der Waals surface area contributed by atoms with Gasteiger partial charge < -0.3 is 9.84 Å². The zero-order chi connectivity index (χ0) is 15.4. The maximum absolute atomic E-state index is 12.2. The molecule has 0 atom stereocenters. The van der Waals surface area contributed by atoms with Crippen LogP contribution in [0.5, 0.6) is 0 Å². The molecule has 1 aliphatic carbocycles. The molecule has 1 aromatic rings. The topological polar surface area (TPSA) is 62.1 Å². The second-order valence-corrected chi connectivity index (χ2v) is 5.48. The van der Waals surface area contributed by atoms with Crippen LogP contribution in [0.2, 0.25) is 0 Å². The van der Waals surface area contributed by atoms with Crippen molar-refractivity contribution in [1.29, 1.82) is 0 Å². The van der Waals surface area contributed by atoms with Crippen molar-refractivity contribution in [3.8, 4) is 0 Å². The molecule has 0 unspecified atom stereocenters. The molecule has 0 amide bonds. The average molecular weight is 300 g/mol. The van der Waals surface area contributed by atoms with E-state index in [-0.39, 0.29) is 11.5 Å². The standard InChI is InChI=1S/C17H20N2O3/c20-16-13-4-1-2-5-14(13)17(21)15(16)12-18-6-3-7-19-8-10-22-11-9-19/h1-2,4-5,12,20H,3,6-11H2. The first-order valence-electron chi connectivity index (χ1n) is 7.64. The molecule has 1 aliphatic heterocycles. The highest BCUT2D eigenvalue weighted by Crippen LogP contribution is 2.29. The molecule has 1 aromatic carbocycles. The van der Waals surface area contributed by atoms with Crippen LogP contribution in [0.25, 0.3) is 5.76 Å². The van der Waals surface area contributed by atoms with Gasteiger partial charge in [0.1, 0.15) is 5.76 Å². The number of morpholine rings is 1. The van der Waals surface area contributed by atoms with Crippen LogP contribution in [-0.4, -0.2) is 61.4 Å². The average Bonchev–Trinajstić information content (AvgIpc) is 2.81. The van der Waals surface area contributed by atoms with Crippen LogP contribution in [0.1, 0.15) is 22.3 Å².